The van der Waals surface area contributed by atoms with E-state index >= 15 is 0 Å². The summed E-state index contributed by atoms with van der Waals surface area (Å²) in [6.07, 6.45) is 1.09. The van der Waals surface area contributed by atoms with Gasteiger partial charge in [0.1, 0.15) is 3.41 Å². The van der Waals surface area contributed by atoms with Crippen molar-refractivity contribution in [1.29, 1.82) is 0 Å². The van der Waals surface area contributed by atoms with Crippen LogP contribution in [-0.4, -0.2) is 17.2 Å². The lowest BCUT2D eigenvalue weighted by Crippen LogP contribution is -2.20. The second-order valence-electron chi connectivity index (χ2n) is 3.19. The van der Waals surface area contributed by atoms with Crippen molar-refractivity contribution in [2.45, 2.75) is 51.3 Å². The van der Waals surface area contributed by atoms with Gasteiger partial charge in [0.2, 0.25) is 0 Å². The maximum Gasteiger partial charge on any atom is 0.109 e. The van der Waals surface area contributed by atoms with E-state index in [2.05, 4.69) is 65.6 Å². The van der Waals surface area contributed by atoms with Gasteiger partial charge < -0.3 is 0 Å². The predicted molar refractivity (Wildman–Crippen MR) is 91.1 cm³/mol. The summed E-state index contributed by atoms with van der Waals surface area (Å²) in [5.41, 5.74) is 0. The molecule has 0 aliphatic heterocycles. The van der Waals surface area contributed by atoms with E-state index in [0.717, 1.165) is 6.42 Å². The van der Waals surface area contributed by atoms with Gasteiger partial charge in [-0.1, -0.05) is 6.92 Å². The third kappa shape index (κ3) is 7.92. The second-order valence-corrected chi connectivity index (χ2v) is 12.3. The topological polar surface area (TPSA) is 0 Å². The normalized spacial score (nSPS) is 21.8. The van der Waals surface area contributed by atoms with Crippen LogP contribution >= 0.6 is 73.2 Å². The highest BCUT2D eigenvalue weighted by molar-refractivity contribution is 8.38. The third-order valence-corrected chi connectivity index (χ3v) is 7.13. The van der Waals surface area contributed by atoms with E-state index in [1.54, 1.807) is 0 Å². The van der Waals surface area contributed by atoms with Crippen molar-refractivity contribution in [3.05, 3.63) is 0 Å². The summed E-state index contributed by atoms with van der Waals surface area (Å²) < 4.78 is 1.14. The monoisotopic (exact) mass is 320 g/mol. The molecule has 0 aromatic carbocycles. The van der Waals surface area contributed by atoms with E-state index in [0.29, 0.717) is 13.7 Å². The summed E-state index contributed by atoms with van der Waals surface area (Å²) in [4.78, 5) is 0. The molecule has 6 heteroatoms. The van der Waals surface area contributed by atoms with E-state index in [9.17, 15) is 0 Å². The number of hydrogen-bond acceptors (Lipinski definition) is 6. The lowest BCUT2D eigenvalue weighted by atomic mass is 10.6. The number of rotatable bonds is 7. The van der Waals surface area contributed by atoms with Gasteiger partial charge in [-0.05, 0) is 27.2 Å². The summed E-state index contributed by atoms with van der Waals surface area (Å²) in [5.74, 6) is 0. The van der Waals surface area contributed by atoms with Crippen molar-refractivity contribution in [2.75, 3.05) is 0 Å². The average Bonchev–Trinajstić information content (AvgIpc) is 1.99. The van der Waals surface area contributed by atoms with E-state index in [1.807, 2.05) is 35.3 Å². The maximum absolute atomic E-state index is 4.48. The molecule has 0 bridgehead atoms. The van der Waals surface area contributed by atoms with Crippen LogP contribution in [0.25, 0.3) is 0 Å². The van der Waals surface area contributed by atoms with Crippen LogP contribution in [0.2, 0.25) is 0 Å². The van der Waals surface area contributed by atoms with Gasteiger partial charge in [-0.15, -0.1) is 35.3 Å². The fourth-order valence-electron chi connectivity index (χ4n) is 1.11. The molecule has 3 unspecified atom stereocenters. The molecule has 0 rings (SSSR count). The van der Waals surface area contributed by atoms with Gasteiger partial charge in [-0.3, -0.25) is 0 Å². The number of thioether (sulfide) groups is 3. The van der Waals surface area contributed by atoms with Gasteiger partial charge in [-0.2, -0.15) is 37.9 Å². The van der Waals surface area contributed by atoms with Crippen molar-refractivity contribution in [3.8, 4) is 0 Å². The Balaban J connectivity index is 4.59. The molecule has 0 fully saturated rings. The zero-order valence-corrected chi connectivity index (χ0v) is 14.6. The molecule has 0 aromatic heterocycles. The molecular formula is C9H20S6. The molecule has 92 valence electrons. The Kier molecular flexibility index (Phi) is 9.40. The highest BCUT2D eigenvalue weighted by Crippen LogP contribution is 2.55. The maximum atomic E-state index is 4.48. The van der Waals surface area contributed by atoms with Gasteiger partial charge in [0, 0.05) is 13.7 Å². The lowest BCUT2D eigenvalue weighted by Gasteiger charge is -2.34. The standard InChI is InChI=1S/C9H20S6/c1-5-9(13-6(2)10,14-7(3)11)15-8(4)12/h6-8,10-12H,5H2,1-4H3. The first-order valence-corrected chi connectivity index (χ1v) is 9.07. The first-order valence-electron chi connectivity index (χ1n) is 4.89. The fourth-order valence-corrected chi connectivity index (χ4v) is 9.34. The van der Waals surface area contributed by atoms with Crippen LogP contribution in [0.3, 0.4) is 0 Å². The highest BCUT2D eigenvalue weighted by atomic mass is 32.3. The Morgan fingerprint density at radius 2 is 1.13 bits per heavy atom. The van der Waals surface area contributed by atoms with Gasteiger partial charge in [0.15, 0.2) is 0 Å². The first-order chi connectivity index (χ1) is 6.81. The van der Waals surface area contributed by atoms with Crippen molar-refractivity contribution in [1.82, 2.24) is 0 Å². The Labute approximate surface area is 123 Å². The van der Waals surface area contributed by atoms with Crippen LogP contribution in [0.4, 0.5) is 0 Å². The van der Waals surface area contributed by atoms with E-state index in [-0.39, 0.29) is 3.41 Å². The van der Waals surface area contributed by atoms with E-state index < -0.39 is 0 Å². The Morgan fingerprint density at radius 3 is 1.27 bits per heavy atom. The highest BCUT2D eigenvalue weighted by Gasteiger charge is 2.34. The summed E-state index contributed by atoms with van der Waals surface area (Å²) >= 11 is 19.1. The molecule has 0 aliphatic carbocycles. The van der Waals surface area contributed by atoms with Gasteiger partial charge in [-0.25, -0.2) is 0 Å². The Bertz CT molecular complexity index is 141. The van der Waals surface area contributed by atoms with Crippen molar-refractivity contribution in [3.63, 3.8) is 0 Å². The van der Waals surface area contributed by atoms with Crippen LogP contribution in [0.1, 0.15) is 34.1 Å². The first kappa shape index (κ1) is 17.1. The number of thiol groups is 3. The molecule has 0 N–H and O–H groups in total. The minimum atomic E-state index is 0.128. The minimum absolute atomic E-state index is 0.128. The van der Waals surface area contributed by atoms with E-state index in [1.165, 1.54) is 0 Å². The SMILES string of the molecule is CCC(SC(C)S)(SC(C)S)SC(C)S. The fraction of sp³-hybridized carbons (Fsp3) is 1.00. The molecular weight excluding hydrogens is 301 g/mol. The molecule has 0 nitrogen and oxygen atoms in total. The lowest BCUT2D eigenvalue weighted by molar-refractivity contribution is 0.998. The Hall–Kier alpha value is 2.10. The molecule has 0 aliphatic rings. The van der Waals surface area contributed by atoms with Crippen LogP contribution in [0, 0.1) is 0 Å². The van der Waals surface area contributed by atoms with Crippen LogP contribution in [0.15, 0.2) is 0 Å². The van der Waals surface area contributed by atoms with E-state index in [4.69, 9.17) is 0 Å². The molecule has 0 saturated carbocycles. The van der Waals surface area contributed by atoms with Crippen LogP contribution < -0.4 is 0 Å². The molecule has 0 aromatic rings. The molecule has 0 amide bonds. The zero-order chi connectivity index (χ0) is 12.1. The largest absolute Gasteiger partial charge is 0.165 e. The van der Waals surface area contributed by atoms with Crippen LogP contribution in [-0.2, 0) is 0 Å². The second kappa shape index (κ2) is 8.25. The Morgan fingerprint density at radius 1 is 0.867 bits per heavy atom. The summed E-state index contributed by atoms with van der Waals surface area (Å²) in [6, 6.07) is 0. The molecule has 0 saturated heterocycles. The smallest absolute Gasteiger partial charge is 0.109 e. The van der Waals surface area contributed by atoms with Gasteiger partial charge in [0.05, 0.1) is 0 Å². The van der Waals surface area contributed by atoms with Gasteiger partial charge >= 0.3 is 0 Å². The number of hydrogen-bond donors (Lipinski definition) is 3. The minimum Gasteiger partial charge on any atom is -0.165 e. The predicted octanol–water partition coefficient (Wildman–Crippen LogP) is 5.08. The van der Waals surface area contributed by atoms with Crippen molar-refractivity contribution < 1.29 is 0 Å². The molecule has 15 heavy (non-hydrogen) atoms. The quantitative estimate of drug-likeness (QED) is 0.442. The summed E-state index contributed by atoms with van der Waals surface area (Å²) in [7, 11) is 0. The molecule has 0 radical (unpaired) electrons. The zero-order valence-electron chi connectivity index (χ0n) is 9.51. The molecule has 3 atom stereocenters. The molecule has 0 heterocycles. The van der Waals surface area contributed by atoms with Crippen LogP contribution in [0.5, 0.6) is 0 Å². The molecule has 0 spiro atoms. The third-order valence-electron chi connectivity index (χ3n) is 1.48. The summed E-state index contributed by atoms with van der Waals surface area (Å²) in [5, 5.41) is 0. The van der Waals surface area contributed by atoms with Gasteiger partial charge in [0.25, 0.3) is 0 Å². The van der Waals surface area contributed by atoms with Crippen molar-refractivity contribution >= 4 is 73.2 Å². The summed E-state index contributed by atoms with van der Waals surface area (Å²) in [6.45, 7) is 8.57. The average molecular weight is 321 g/mol. The van der Waals surface area contributed by atoms with Crippen molar-refractivity contribution in [2.24, 2.45) is 0 Å².